The number of halogens is 3. The summed E-state index contributed by atoms with van der Waals surface area (Å²) in [5.74, 6) is -2.98. The van der Waals surface area contributed by atoms with Crippen molar-refractivity contribution in [3.63, 3.8) is 0 Å². The lowest BCUT2D eigenvalue weighted by molar-refractivity contribution is -0.128. The smallest absolute Gasteiger partial charge is 0.356 e. The Morgan fingerprint density at radius 1 is 1.15 bits per heavy atom. The summed E-state index contributed by atoms with van der Waals surface area (Å²) >= 11 is 6.83. The maximum Gasteiger partial charge on any atom is 0.356 e. The second-order valence-electron chi connectivity index (χ2n) is 12.2. The quantitative estimate of drug-likeness (QED) is 0.241. The molecule has 6 radical (unpaired) electrons. The van der Waals surface area contributed by atoms with E-state index in [1.165, 1.54) is 24.4 Å². The standard InChI is InChI=1S/C32H28B3ClF2N6O4/c1-6-22(45)42-12-16(5)43(13-15(42)4)28-17-11-18(36)25-23-19(37)7-8-20(38)27(23)47-30(33)32(34,35)48-21-9-10-39-24(14(2)3)26(21)44(29(17)40-25)31(46)41-28/h6-11,14-16,30H,1,12-13H2,2-5H3/t15-,16+,30+/m1/s1. The van der Waals surface area contributed by atoms with Gasteiger partial charge in [0, 0.05) is 37.4 Å². The molecule has 0 N–H and O–H groups in total. The Labute approximate surface area is 284 Å². The first-order valence-corrected chi connectivity index (χ1v) is 15.5. The first-order valence-electron chi connectivity index (χ1n) is 15.1. The van der Waals surface area contributed by atoms with Crippen LogP contribution < -0.4 is 20.1 Å². The minimum atomic E-state index is -2.35. The van der Waals surface area contributed by atoms with Gasteiger partial charge in [0.1, 0.15) is 46.6 Å². The van der Waals surface area contributed by atoms with Gasteiger partial charge in [0.25, 0.3) is 0 Å². The lowest BCUT2D eigenvalue weighted by Crippen LogP contribution is -2.58. The Morgan fingerprint density at radius 2 is 1.85 bits per heavy atom. The average Bonchev–Trinajstić information content (AvgIpc) is 3.03. The van der Waals surface area contributed by atoms with Gasteiger partial charge in [-0.2, -0.15) is 4.98 Å². The van der Waals surface area contributed by atoms with Gasteiger partial charge in [-0.05, 0) is 44.0 Å². The van der Waals surface area contributed by atoms with Crippen LogP contribution in [0.1, 0.15) is 39.3 Å². The van der Waals surface area contributed by atoms with Crippen molar-refractivity contribution in [2.75, 3.05) is 18.0 Å². The molecule has 2 aliphatic heterocycles. The van der Waals surface area contributed by atoms with E-state index in [1.807, 2.05) is 32.6 Å². The zero-order valence-corrected chi connectivity index (χ0v) is 27.3. The van der Waals surface area contributed by atoms with Crippen molar-refractivity contribution in [3.8, 4) is 28.4 Å². The van der Waals surface area contributed by atoms with Crippen molar-refractivity contribution in [2.24, 2.45) is 0 Å². The van der Waals surface area contributed by atoms with E-state index in [1.54, 1.807) is 4.90 Å². The molecule has 5 heterocycles. The van der Waals surface area contributed by atoms with Crippen molar-refractivity contribution in [2.45, 2.75) is 57.1 Å². The number of fused-ring (bicyclic) bond motifs is 5. The maximum absolute atomic E-state index is 15.7. The summed E-state index contributed by atoms with van der Waals surface area (Å²) in [5, 5.41) is -2.18. The molecule has 0 unspecified atom stereocenters. The molecule has 1 aromatic carbocycles. The number of aromatic nitrogens is 4. The predicted molar refractivity (Wildman–Crippen MR) is 181 cm³/mol. The number of hydrogen-bond acceptors (Lipinski definition) is 8. The molecule has 1 amide bonds. The van der Waals surface area contributed by atoms with Crippen molar-refractivity contribution < 1.29 is 23.0 Å². The van der Waals surface area contributed by atoms with E-state index >= 15 is 8.78 Å². The van der Waals surface area contributed by atoms with E-state index in [0.29, 0.717) is 18.8 Å². The summed E-state index contributed by atoms with van der Waals surface area (Å²) in [7, 11) is 18.8. The highest BCUT2D eigenvalue weighted by molar-refractivity contribution is 6.43. The Balaban J connectivity index is 1.74. The zero-order chi connectivity index (χ0) is 34.8. The van der Waals surface area contributed by atoms with Gasteiger partial charge in [0.15, 0.2) is 17.2 Å². The number of hydrogen-bond donors (Lipinski definition) is 0. The number of pyridine rings is 2. The van der Waals surface area contributed by atoms with Gasteiger partial charge in [0.2, 0.25) is 5.91 Å². The van der Waals surface area contributed by atoms with E-state index in [9.17, 15) is 9.59 Å². The zero-order valence-electron chi connectivity index (χ0n) is 26.6. The Hall–Kier alpha value is -4.39. The minimum absolute atomic E-state index is 0.0342. The monoisotopic (exact) mass is 666 g/mol. The molecular formula is C32H28B3ClF2N6O4. The molecule has 1 saturated heterocycles. The van der Waals surface area contributed by atoms with Gasteiger partial charge in [0.05, 0.1) is 38.8 Å². The Morgan fingerprint density at radius 3 is 2.54 bits per heavy atom. The fraction of sp³-hybridized carbons (Fsp3) is 0.344. The Kier molecular flexibility index (Phi) is 8.55. The fourth-order valence-corrected chi connectivity index (χ4v) is 6.31. The molecule has 3 atom stereocenters. The number of benzene rings is 1. The van der Waals surface area contributed by atoms with Crippen LogP contribution in [0.5, 0.6) is 11.5 Å². The van der Waals surface area contributed by atoms with Gasteiger partial charge < -0.3 is 19.3 Å². The van der Waals surface area contributed by atoms with Crippen LogP contribution in [0.3, 0.4) is 0 Å². The molecule has 48 heavy (non-hydrogen) atoms. The number of nitrogens with zero attached hydrogens (tertiary/aromatic N) is 6. The minimum Gasteiger partial charge on any atom is -0.502 e. The third-order valence-corrected chi connectivity index (χ3v) is 8.76. The number of amides is 1. The van der Waals surface area contributed by atoms with Gasteiger partial charge in [-0.25, -0.2) is 23.1 Å². The number of ether oxygens (including phenoxy) is 2. The summed E-state index contributed by atoms with van der Waals surface area (Å²) in [5.41, 5.74) is -1.11. The highest BCUT2D eigenvalue weighted by Gasteiger charge is 2.37. The highest BCUT2D eigenvalue weighted by Crippen LogP contribution is 2.43. The molecule has 1 fully saturated rings. The third-order valence-electron chi connectivity index (χ3n) is 8.48. The number of carbonyl (C=O) groups is 1. The molecule has 0 spiro atoms. The van der Waals surface area contributed by atoms with E-state index in [-0.39, 0.29) is 62.9 Å². The number of carbonyl (C=O) groups excluding carboxylic acids is 1. The van der Waals surface area contributed by atoms with Crippen molar-refractivity contribution >= 4 is 57.9 Å². The molecule has 0 aliphatic carbocycles. The Bertz CT molecular complexity index is 2050. The van der Waals surface area contributed by atoms with Crippen LogP contribution in [0.25, 0.3) is 28.0 Å². The van der Waals surface area contributed by atoms with Crippen LogP contribution in [-0.2, 0) is 4.79 Å². The fourth-order valence-electron chi connectivity index (χ4n) is 6.07. The summed E-state index contributed by atoms with van der Waals surface area (Å²) in [6, 6.07) is 2.23. The number of rotatable bonds is 3. The number of anilines is 1. The second kappa shape index (κ2) is 12.3. The van der Waals surface area contributed by atoms with Crippen LogP contribution in [0.4, 0.5) is 14.6 Å². The van der Waals surface area contributed by atoms with Crippen molar-refractivity contribution in [3.05, 3.63) is 76.0 Å². The molecule has 16 heteroatoms. The molecule has 240 valence electrons. The molecule has 10 nitrogen and oxygen atoms in total. The van der Waals surface area contributed by atoms with Gasteiger partial charge >= 0.3 is 5.69 Å². The summed E-state index contributed by atoms with van der Waals surface area (Å²) < 4.78 is 43.9. The van der Waals surface area contributed by atoms with E-state index in [0.717, 1.165) is 16.7 Å². The number of piperazine rings is 1. The topological polar surface area (TPSA) is 103 Å². The molecular weight excluding hydrogens is 638 g/mol. The molecule has 0 saturated carbocycles. The molecule has 3 aromatic heterocycles. The maximum atomic E-state index is 15.7. The largest absolute Gasteiger partial charge is 0.502 e. The van der Waals surface area contributed by atoms with E-state index in [2.05, 4.69) is 16.5 Å². The summed E-state index contributed by atoms with van der Waals surface area (Å²) in [6.45, 7) is 11.6. The summed E-state index contributed by atoms with van der Waals surface area (Å²) in [6.07, 6.45) is 2.69. The second-order valence-corrected chi connectivity index (χ2v) is 12.6. The van der Waals surface area contributed by atoms with Gasteiger partial charge in [-0.15, -0.1) is 0 Å². The molecule has 4 aromatic rings. The van der Waals surface area contributed by atoms with Crippen LogP contribution in [-0.4, -0.2) is 90.4 Å². The normalized spacial score (nSPS) is 20.3. The molecule has 6 rings (SSSR count). The van der Waals surface area contributed by atoms with Crippen LogP contribution in [0.2, 0.25) is 5.02 Å². The van der Waals surface area contributed by atoms with Crippen molar-refractivity contribution in [1.82, 2.24) is 24.4 Å². The lowest BCUT2D eigenvalue weighted by atomic mass is 9.56. The molecule has 2 aliphatic rings. The first-order chi connectivity index (χ1) is 22.6. The third kappa shape index (κ3) is 5.51. The van der Waals surface area contributed by atoms with Crippen molar-refractivity contribution in [1.29, 1.82) is 0 Å². The van der Waals surface area contributed by atoms with Crippen LogP contribution in [0.15, 0.2) is 47.9 Å². The lowest BCUT2D eigenvalue weighted by Gasteiger charge is -2.44. The predicted octanol–water partition coefficient (Wildman–Crippen LogP) is 3.77. The summed E-state index contributed by atoms with van der Waals surface area (Å²) in [4.78, 5) is 44.2. The van der Waals surface area contributed by atoms with E-state index < -0.39 is 40.0 Å². The van der Waals surface area contributed by atoms with Crippen LogP contribution in [0, 0.1) is 11.6 Å². The van der Waals surface area contributed by atoms with Gasteiger partial charge in [-0.1, -0.05) is 32.0 Å². The van der Waals surface area contributed by atoms with E-state index in [4.69, 9.17) is 49.6 Å². The van der Waals surface area contributed by atoms with Crippen LogP contribution >= 0.6 is 11.6 Å². The SMILES string of the molecule is [B][C@H]1Oc2c(F)ccc(F)c2-c2nc3c(cc2Cl)c(N2C[C@@H](C)N(C(=O)C=C)C[C@@H]2C)nc(=O)n3-c2c(ccnc2C(C)C)OC1([B])[B]. The highest BCUT2D eigenvalue weighted by atomic mass is 35.5. The first kappa shape index (κ1) is 33.5. The van der Waals surface area contributed by atoms with Gasteiger partial charge in [-0.3, -0.25) is 9.78 Å². The average molecular weight is 666 g/mol. The molecule has 2 bridgehead atoms.